The summed E-state index contributed by atoms with van der Waals surface area (Å²) in [4.78, 5) is 11.9. The maximum atomic E-state index is 13.3. The van der Waals surface area contributed by atoms with Crippen LogP contribution in [-0.2, 0) is 14.8 Å². The van der Waals surface area contributed by atoms with Crippen LogP contribution in [0.1, 0.15) is 32.1 Å². The van der Waals surface area contributed by atoms with E-state index in [2.05, 4.69) is 5.32 Å². The van der Waals surface area contributed by atoms with Gasteiger partial charge < -0.3 is 5.32 Å². The normalized spacial score (nSPS) is 15.7. The number of carbonyl (C=O) groups excluding carboxylic acids is 1. The van der Waals surface area contributed by atoms with Crippen LogP contribution in [0, 0.1) is 5.82 Å². The van der Waals surface area contributed by atoms with Crippen molar-refractivity contribution in [2.45, 2.75) is 38.1 Å². The van der Waals surface area contributed by atoms with Crippen molar-refractivity contribution >= 4 is 21.6 Å². The monoisotopic (exact) mass is 328 g/mol. The molecule has 0 aliphatic heterocycles. The first kappa shape index (κ1) is 16.7. The fourth-order valence-electron chi connectivity index (χ4n) is 2.69. The molecule has 0 unspecified atom stereocenters. The Hall–Kier alpha value is -1.63. The van der Waals surface area contributed by atoms with Crippen molar-refractivity contribution in [1.29, 1.82) is 0 Å². The molecule has 1 aromatic carbocycles. The topological polar surface area (TPSA) is 66.5 Å². The molecular formula is C15H21FN2O3S. The number of sulfonamides is 1. The van der Waals surface area contributed by atoms with Gasteiger partial charge >= 0.3 is 0 Å². The van der Waals surface area contributed by atoms with E-state index in [9.17, 15) is 17.6 Å². The second-order valence-electron chi connectivity index (χ2n) is 5.61. The molecular weight excluding hydrogens is 307 g/mol. The molecule has 1 fully saturated rings. The van der Waals surface area contributed by atoms with Crippen molar-refractivity contribution in [3.8, 4) is 0 Å². The van der Waals surface area contributed by atoms with Gasteiger partial charge in [0, 0.05) is 19.0 Å². The first-order valence-electron chi connectivity index (χ1n) is 7.39. The van der Waals surface area contributed by atoms with Crippen LogP contribution in [0.4, 0.5) is 10.1 Å². The molecule has 0 saturated heterocycles. The van der Waals surface area contributed by atoms with Crippen molar-refractivity contribution < 1.29 is 17.6 Å². The Morgan fingerprint density at radius 1 is 1.36 bits per heavy atom. The molecule has 1 saturated carbocycles. The lowest BCUT2D eigenvalue weighted by Gasteiger charge is -2.22. The molecule has 0 heterocycles. The molecule has 122 valence electrons. The molecule has 0 radical (unpaired) electrons. The number of nitrogens with one attached hydrogen (secondary N) is 1. The Balaban J connectivity index is 2.00. The lowest BCUT2D eigenvalue weighted by molar-refractivity contribution is -0.121. The highest BCUT2D eigenvalue weighted by molar-refractivity contribution is 7.92. The molecule has 0 spiro atoms. The molecule has 1 aliphatic rings. The number of hydrogen-bond donors (Lipinski definition) is 1. The quantitative estimate of drug-likeness (QED) is 0.869. The summed E-state index contributed by atoms with van der Waals surface area (Å²) >= 11 is 0. The van der Waals surface area contributed by atoms with Gasteiger partial charge in [-0.05, 0) is 31.0 Å². The van der Waals surface area contributed by atoms with Gasteiger partial charge in [-0.3, -0.25) is 9.10 Å². The van der Waals surface area contributed by atoms with Crippen LogP contribution in [0.25, 0.3) is 0 Å². The van der Waals surface area contributed by atoms with Gasteiger partial charge in [-0.25, -0.2) is 12.8 Å². The molecule has 0 bridgehead atoms. The molecule has 1 aromatic rings. The summed E-state index contributed by atoms with van der Waals surface area (Å²) in [6.45, 7) is 0.000833. The number of rotatable bonds is 6. The zero-order chi connectivity index (χ0) is 16.2. The lowest BCUT2D eigenvalue weighted by atomic mass is 10.2. The number of benzene rings is 1. The summed E-state index contributed by atoms with van der Waals surface area (Å²) in [5.74, 6) is -0.682. The summed E-state index contributed by atoms with van der Waals surface area (Å²) in [5.41, 5.74) is 0.233. The third-order valence-electron chi connectivity index (χ3n) is 3.76. The van der Waals surface area contributed by atoms with Crippen LogP contribution in [0.2, 0.25) is 0 Å². The van der Waals surface area contributed by atoms with E-state index >= 15 is 0 Å². The summed E-state index contributed by atoms with van der Waals surface area (Å²) in [6.07, 6.45) is 5.29. The number of hydrogen-bond acceptors (Lipinski definition) is 3. The van der Waals surface area contributed by atoms with Gasteiger partial charge in [-0.15, -0.1) is 0 Å². The number of anilines is 1. The van der Waals surface area contributed by atoms with E-state index in [1.165, 1.54) is 18.2 Å². The third kappa shape index (κ3) is 4.69. The Kier molecular flexibility index (Phi) is 5.39. The van der Waals surface area contributed by atoms with Crippen molar-refractivity contribution in [3.63, 3.8) is 0 Å². The van der Waals surface area contributed by atoms with E-state index in [1.54, 1.807) is 0 Å². The molecule has 2 rings (SSSR count). The van der Waals surface area contributed by atoms with Crippen LogP contribution in [0.15, 0.2) is 24.3 Å². The molecule has 7 heteroatoms. The van der Waals surface area contributed by atoms with E-state index in [0.717, 1.165) is 42.3 Å². The fourth-order valence-corrected chi connectivity index (χ4v) is 3.61. The molecule has 1 amide bonds. The SMILES string of the molecule is CS(=O)(=O)N(CCC(=O)NC1CCCC1)c1cccc(F)c1. The van der Waals surface area contributed by atoms with Gasteiger partial charge in [0.2, 0.25) is 15.9 Å². The Morgan fingerprint density at radius 3 is 2.64 bits per heavy atom. The maximum absolute atomic E-state index is 13.3. The van der Waals surface area contributed by atoms with Crippen LogP contribution < -0.4 is 9.62 Å². The zero-order valence-corrected chi connectivity index (χ0v) is 13.4. The minimum Gasteiger partial charge on any atom is -0.353 e. The van der Waals surface area contributed by atoms with Gasteiger partial charge in [0.1, 0.15) is 5.82 Å². The van der Waals surface area contributed by atoms with Crippen LogP contribution in [0.5, 0.6) is 0 Å². The van der Waals surface area contributed by atoms with E-state index in [-0.39, 0.29) is 30.6 Å². The van der Waals surface area contributed by atoms with E-state index in [1.807, 2.05) is 0 Å². The highest BCUT2D eigenvalue weighted by Crippen LogP contribution is 2.20. The minimum absolute atomic E-state index is 0.000833. The van der Waals surface area contributed by atoms with Crippen molar-refractivity contribution in [2.75, 3.05) is 17.1 Å². The molecule has 22 heavy (non-hydrogen) atoms. The second-order valence-corrected chi connectivity index (χ2v) is 7.52. The van der Waals surface area contributed by atoms with Crippen molar-refractivity contribution in [2.24, 2.45) is 0 Å². The molecule has 0 aromatic heterocycles. The summed E-state index contributed by atoms with van der Waals surface area (Å²) in [6, 6.07) is 5.56. The van der Waals surface area contributed by atoms with Crippen LogP contribution >= 0.6 is 0 Å². The maximum Gasteiger partial charge on any atom is 0.232 e. The largest absolute Gasteiger partial charge is 0.353 e. The Morgan fingerprint density at radius 2 is 2.05 bits per heavy atom. The van der Waals surface area contributed by atoms with E-state index in [0.29, 0.717) is 0 Å². The zero-order valence-electron chi connectivity index (χ0n) is 12.6. The first-order chi connectivity index (χ1) is 10.4. The third-order valence-corrected chi connectivity index (χ3v) is 4.95. The average Bonchev–Trinajstić information content (AvgIpc) is 2.90. The van der Waals surface area contributed by atoms with Crippen molar-refractivity contribution in [3.05, 3.63) is 30.1 Å². The molecule has 0 atom stereocenters. The van der Waals surface area contributed by atoms with E-state index < -0.39 is 15.8 Å². The number of nitrogens with zero attached hydrogens (tertiary/aromatic N) is 1. The lowest BCUT2D eigenvalue weighted by Crippen LogP contribution is -2.37. The Bertz CT molecular complexity index is 627. The van der Waals surface area contributed by atoms with Gasteiger partial charge in [0.15, 0.2) is 0 Å². The summed E-state index contributed by atoms with van der Waals surface area (Å²) in [5, 5.41) is 2.91. The predicted molar refractivity (Wildman–Crippen MR) is 83.6 cm³/mol. The van der Waals surface area contributed by atoms with Gasteiger partial charge in [-0.2, -0.15) is 0 Å². The van der Waals surface area contributed by atoms with Crippen LogP contribution in [-0.4, -0.2) is 33.2 Å². The van der Waals surface area contributed by atoms with E-state index in [4.69, 9.17) is 0 Å². The smallest absolute Gasteiger partial charge is 0.232 e. The molecule has 5 nitrogen and oxygen atoms in total. The second kappa shape index (κ2) is 7.09. The van der Waals surface area contributed by atoms with Gasteiger partial charge in [0.25, 0.3) is 0 Å². The summed E-state index contributed by atoms with van der Waals surface area (Å²) in [7, 11) is -3.57. The number of carbonyl (C=O) groups is 1. The highest BCUT2D eigenvalue weighted by Gasteiger charge is 2.21. The van der Waals surface area contributed by atoms with Crippen LogP contribution in [0.3, 0.4) is 0 Å². The average molecular weight is 328 g/mol. The predicted octanol–water partition coefficient (Wildman–Crippen LogP) is 2.04. The molecule has 1 N–H and O–H groups in total. The fraction of sp³-hybridized carbons (Fsp3) is 0.533. The molecule has 1 aliphatic carbocycles. The van der Waals surface area contributed by atoms with Crippen molar-refractivity contribution in [1.82, 2.24) is 5.32 Å². The first-order valence-corrected chi connectivity index (χ1v) is 9.24. The summed E-state index contributed by atoms with van der Waals surface area (Å²) < 4.78 is 38.1. The Labute approximate surface area is 130 Å². The standard InChI is InChI=1S/C15H21FN2O3S/c1-22(20,21)18(14-8-4-5-12(16)11-14)10-9-15(19)17-13-6-2-3-7-13/h4-5,8,11,13H,2-3,6-7,9-10H2,1H3,(H,17,19). The van der Waals surface area contributed by atoms with Gasteiger partial charge in [0.05, 0.1) is 11.9 Å². The van der Waals surface area contributed by atoms with Gasteiger partial charge in [-0.1, -0.05) is 18.9 Å². The highest BCUT2D eigenvalue weighted by atomic mass is 32.2. The number of amides is 1. The number of halogens is 1. The minimum atomic E-state index is -3.57.